The minimum atomic E-state index is -0.110. The van der Waals surface area contributed by atoms with Gasteiger partial charge in [-0.05, 0) is 108 Å². The lowest BCUT2D eigenvalue weighted by molar-refractivity contribution is -0.122. The van der Waals surface area contributed by atoms with Crippen molar-refractivity contribution in [3.8, 4) is 11.8 Å². The van der Waals surface area contributed by atoms with Crippen LogP contribution in [-0.2, 0) is 48.4 Å². The maximum absolute atomic E-state index is 13.8. The standard InChI is InChI=1S/C69H73N7O6/c77-64(31-13-16-34-67(80)74-49-58-25-4-1-19-52(58)37-40-55-22-7-10-28-61(55)74)70-43-46-73(47-44-71-65(78)32-14-17-35-68(81)75-50-59-26-5-2-20-53(59)38-41-56-23-8-11-29-62(56)75)48-45-72-66(79)33-15-18-36-69(82)76-51-60-27-6-3-21-54(60)39-42-57-24-9-12-30-63(57)76/h1-12,19-30,37-38,40-41H,13-18,31-36,43-51H2,(H,70,77)(H,71,78)(H,72,79). The lowest BCUT2D eigenvalue weighted by Crippen LogP contribution is -2.43. The number of rotatable bonds is 24. The lowest BCUT2D eigenvalue weighted by atomic mass is 10.0. The van der Waals surface area contributed by atoms with Gasteiger partial charge in [0.25, 0.3) is 0 Å². The van der Waals surface area contributed by atoms with Gasteiger partial charge in [0, 0.05) is 88.9 Å². The monoisotopic (exact) mass is 1100 g/mol. The number of benzene rings is 6. The van der Waals surface area contributed by atoms with Gasteiger partial charge in [0.15, 0.2) is 0 Å². The van der Waals surface area contributed by atoms with E-state index in [4.69, 9.17) is 0 Å². The van der Waals surface area contributed by atoms with Gasteiger partial charge in [-0.25, -0.2) is 0 Å². The molecule has 3 heterocycles. The van der Waals surface area contributed by atoms with Crippen LogP contribution in [0.5, 0.6) is 0 Å². The second kappa shape index (κ2) is 29.6. The minimum Gasteiger partial charge on any atom is -0.355 e. The van der Waals surface area contributed by atoms with E-state index >= 15 is 0 Å². The van der Waals surface area contributed by atoms with Crippen molar-refractivity contribution in [1.82, 2.24) is 20.9 Å². The molecule has 0 bridgehead atoms. The molecule has 0 aromatic heterocycles. The van der Waals surface area contributed by atoms with Gasteiger partial charge < -0.3 is 30.7 Å². The van der Waals surface area contributed by atoms with E-state index in [2.05, 4.69) is 81.3 Å². The maximum atomic E-state index is 13.8. The van der Waals surface area contributed by atoms with Gasteiger partial charge in [-0.15, -0.1) is 0 Å². The summed E-state index contributed by atoms with van der Waals surface area (Å²) in [5.74, 6) is 6.20. The van der Waals surface area contributed by atoms with Crippen molar-refractivity contribution in [3.63, 3.8) is 0 Å². The van der Waals surface area contributed by atoms with Gasteiger partial charge in [-0.3, -0.25) is 33.7 Å². The van der Waals surface area contributed by atoms with Crippen LogP contribution in [0.2, 0.25) is 0 Å². The van der Waals surface area contributed by atoms with Crippen LogP contribution in [0.15, 0.2) is 146 Å². The summed E-state index contributed by atoms with van der Waals surface area (Å²) in [5, 5.41) is 9.12. The third-order valence-corrected chi connectivity index (χ3v) is 15.3. The van der Waals surface area contributed by atoms with Crippen LogP contribution in [0, 0.1) is 11.8 Å². The molecule has 0 atom stereocenters. The van der Waals surface area contributed by atoms with Gasteiger partial charge in [0.2, 0.25) is 35.4 Å². The number of hydrogen-bond donors (Lipinski definition) is 3. The highest BCUT2D eigenvalue weighted by Crippen LogP contribution is 2.32. The smallest absolute Gasteiger partial charge is 0.227 e. The Labute approximate surface area is 482 Å². The molecule has 420 valence electrons. The Morgan fingerprint density at radius 1 is 0.354 bits per heavy atom. The summed E-state index contributed by atoms with van der Waals surface area (Å²) in [6.45, 7) is 3.90. The van der Waals surface area contributed by atoms with E-state index in [9.17, 15) is 28.8 Å². The van der Waals surface area contributed by atoms with Crippen molar-refractivity contribution < 1.29 is 28.8 Å². The highest BCUT2D eigenvalue weighted by Gasteiger charge is 2.24. The Morgan fingerprint density at radius 3 is 1.13 bits per heavy atom. The number of fused-ring (bicyclic) bond motifs is 6. The number of amides is 6. The first kappa shape index (κ1) is 57.8. The molecule has 6 aromatic carbocycles. The maximum Gasteiger partial charge on any atom is 0.227 e. The Bertz CT molecular complexity index is 3230. The second-order valence-electron chi connectivity index (χ2n) is 21.1. The fourth-order valence-electron chi connectivity index (χ4n) is 10.7. The van der Waals surface area contributed by atoms with E-state index in [0.717, 1.165) is 67.1 Å². The lowest BCUT2D eigenvalue weighted by Gasteiger charge is -2.27. The van der Waals surface area contributed by atoms with Crippen molar-refractivity contribution in [2.24, 2.45) is 0 Å². The fraction of sp³-hybridized carbons (Fsp3) is 0.304. The van der Waals surface area contributed by atoms with Crippen molar-refractivity contribution in [2.45, 2.75) is 96.7 Å². The van der Waals surface area contributed by atoms with Crippen LogP contribution in [0.25, 0.3) is 24.3 Å². The van der Waals surface area contributed by atoms with E-state index in [0.29, 0.717) is 117 Å². The fourth-order valence-corrected chi connectivity index (χ4v) is 10.7. The van der Waals surface area contributed by atoms with E-state index in [1.807, 2.05) is 131 Å². The number of carbonyl (C=O) groups excluding carboxylic acids is 6. The van der Waals surface area contributed by atoms with Crippen LogP contribution in [-0.4, -0.2) is 79.6 Å². The number of nitrogens with zero attached hydrogens (tertiary/aromatic N) is 4. The Kier molecular flexibility index (Phi) is 20.8. The summed E-state index contributed by atoms with van der Waals surface area (Å²) in [7, 11) is 0. The van der Waals surface area contributed by atoms with Gasteiger partial charge >= 0.3 is 0 Å². The average molecular weight is 1100 g/mol. The predicted octanol–water partition coefficient (Wildman–Crippen LogP) is 10.7. The Balaban J connectivity index is 0.719. The third-order valence-electron chi connectivity index (χ3n) is 15.3. The summed E-state index contributed by atoms with van der Waals surface area (Å²) < 4.78 is 0. The largest absolute Gasteiger partial charge is 0.355 e. The molecule has 0 spiro atoms. The van der Waals surface area contributed by atoms with Crippen molar-refractivity contribution in [2.75, 3.05) is 54.0 Å². The van der Waals surface area contributed by atoms with Gasteiger partial charge in [-0.2, -0.15) is 0 Å². The highest BCUT2D eigenvalue weighted by molar-refractivity contribution is 5.98. The molecule has 6 aromatic rings. The van der Waals surface area contributed by atoms with Crippen molar-refractivity contribution in [1.29, 1.82) is 0 Å². The molecule has 3 aliphatic rings. The minimum absolute atomic E-state index is 0.0145. The first-order valence-electron chi connectivity index (χ1n) is 29.0. The first-order valence-corrected chi connectivity index (χ1v) is 29.0. The molecular weight excluding hydrogens is 1020 g/mol. The zero-order valence-electron chi connectivity index (χ0n) is 46.8. The molecule has 9 rings (SSSR count). The summed E-state index contributed by atoms with van der Waals surface area (Å²) in [6.07, 6.45) is 13.4. The first-order chi connectivity index (χ1) is 40.2. The molecule has 13 heteroatoms. The van der Waals surface area contributed by atoms with Crippen LogP contribution in [0.3, 0.4) is 0 Å². The van der Waals surface area contributed by atoms with Crippen LogP contribution < -0.4 is 30.7 Å². The molecular formula is C69H73N7O6. The number of nitrogens with one attached hydrogen (secondary N) is 3. The molecule has 82 heavy (non-hydrogen) atoms. The number of anilines is 3. The van der Waals surface area contributed by atoms with Crippen LogP contribution in [0.1, 0.15) is 127 Å². The summed E-state index contributed by atoms with van der Waals surface area (Å²) >= 11 is 0. The molecule has 13 nitrogen and oxygen atoms in total. The molecule has 6 amide bonds. The molecule has 0 saturated carbocycles. The number of para-hydroxylation sites is 3. The average Bonchev–Trinajstić information content (AvgIpc) is 3.57. The van der Waals surface area contributed by atoms with E-state index in [1.165, 1.54) is 0 Å². The number of unbranched alkanes of at least 4 members (excludes halogenated alkanes) is 3. The Morgan fingerprint density at radius 2 is 0.671 bits per heavy atom. The molecule has 0 saturated heterocycles. The van der Waals surface area contributed by atoms with E-state index < -0.39 is 0 Å². The Hall–Kier alpha value is -8.86. The molecule has 0 radical (unpaired) electrons. The molecule has 3 N–H and O–H groups in total. The highest BCUT2D eigenvalue weighted by atomic mass is 16.2. The van der Waals surface area contributed by atoms with Crippen molar-refractivity contribution >= 4 is 76.8 Å². The van der Waals surface area contributed by atoms with E-state index in [1.54, 1.807) is 4.90 Å². The molecule has 0 aliphatic carbocycles. The molecule has 0 fully saturated rings. The third kappa shape index (κ3) is 16.2. The number of carbonyl (C=O) groups is 6. The van der Waals surface area contributed by atoms with Crippen molar-refractivity contribution in [3.05, 3.63) is 196 Å². The topological polar surface area (TPSA) is 151 Å². The van der Waals surface area contributed by atoms with Gasteiger partial charge in [0.1, 0.15) is 0 Å². The van der Waals surface area contributed by atoms with Crippen LogP contribution in [0.4, 0.5) is 17.1 Å². The summed E-state index contributed by atoms with van der Waals surface area (Å²) in [4.78, 5) is 88.3. The second-order valence-corrected chi connectivity index (χ2v) is 21.1. The normalized spacial score (nSPS) is 12.9. The summed E-state index contributed by atoms with van der Waals surface area (Å²) in [5.41, 5.74) is 11.5. The summed E-state index contributed by atoms with van der Waals surface area (Å²) in [6, 6.07) is 47.6. The molecule has 3 aliphatic heterocycles. The van der Waals surface area contributed by atoms with E-state index in [-0.39, 0.29) is 54.7 Å². The predicted molar refractivity (Wildman–Crippen MR) is 327 cm³/mol. The van der Waals surface area contributed by atoms with Crippen LogP contribution >= 0.6 is 0 Å². The zero-order chi connectivity index (χ0) is 56.9. The van der Waals surface area contributed by atoms with Gasteiger partial charge in [-0.1, -0.05) is 151 Å². The van der Waals surface area contributed by atoms with Gasteiger partial charge in [0.05, 0.1) is 36.7 Å². The zero-order valence-corrected chi connectivity index (χ0v) is 46.8. The number of hydrogen-bond acceptors (Lipinski definition) is 7. The SMILES string of the molecule is O=C(CCCCC(=O)N1Cc2ccccc2C#Cc2ccccc21)NCCN(CCNC(=O)CCCCC(=O)N1Cc2ccccc2C=Cc2ccccc21)CCNC(=O)CCCCC(=O)N1Cc2ccccc2C=Cc2ccccc21. The quantitative estimate of drug-likeness (QED) is 0.0403. The molecule has 0 unspecified atom stereocenters.